The molecule has 0 spiro atoms. The molecule has 58 heavy (non-hydrogen) atoms. The minimum atomic E-state index is 0.682. The van der Waals surface area contributed by atoms with Crippen molar-refractivity contribution in [1.82, 2.24) is 15.0 Å². The van der Waals surface area contributed by atoms with Gasteiger partial charge < -0.3 is 0 Å². The van der Waals surface area contributed by atoms with Crippen LogP contribution in [0.5, 0.6) is 0 Å². The molecular formula is C55H35N3. The quantitative estimate of drug-likeness (QED) is 0.160. The first kappa shape index (κ1) is 33.6. The summed E-state index contributed by atoms with van der Waals surface area (Å²) in [6, 6.07) is 71.5. The Hall–Kier alpha value is -7.75. The van der Waals surface area contributed by atoms with Gasteiger partial charge in [0.25, 0.3) is 0 Å². The molecule has 0 amide bonds. The molecule has 0 fully saturated rings. The largest absolute Gasteiger partial charge is 0.264 e. The number of benzene rings is 9. The van der Waals surface area contributed by atoms with Crippen LogP contribution >= 0.6 is 0 Å². The fourth-order valence-electron chi connectivity index (χ4n) is 8.46. The lowest BCUT2D eigenvalue weighted by Gasteiger charge is -2.13. The van der Waals surface area contributed by atoms with E-state index in [4.69, 9.17) is 9.97 Å². The molecule has 0 bridgehead atoms. The fraction of sp³-hybridized carbons (Fsp3) is 0. The van der Waals surface area contributed by atoms with Gasteiger partial charge in [0.05, 0.1) is 11.4 Å². The van der Waals surface area contributed by atoms with Gasteiger partial charge in [0.1, 0.15) is 0 Å². The molecule has 0 unspecified atom stereocenters. The first-order valence-electron chi connectivity index (χ1n) is 19.7. The Morgan fingerprint density at radius 1 is 0.276 bits per heavy atom. The molecule has 0 aliphatic carbocycles. The van der Waals surface area contributed by atoms with E-state index in [9.17, 15) is 0 Å². The highest BCUT2D eigenvalue weighted by Crippen LogP contribution is 2.38. The molecule has 11 aromatic rings. The zero-order chi connectivity index (χ0) is 38.4. The van der Waals surface area contributed by atoms with Crippen molar-refractivity contribution in [2.24, 2.45) is 0 Å². The van der Waals surface area contributed by atoms with Crippen LogP contribution in [0, 0.1) is 0 Å². The Balaban J connectivity index is 1.02. The number of nitrogens with zero attached hydrogens (tertiary/aromatic N) is 3. The minimum absolute atomic E-state index is 0.682. The van der Waals surface area contributed by atoms with E-state index in [0.717, 1.165) is 50.3 Å². The molecule has 0 saturated heterocycles. The number of pyridine rings is 1. The van der Waals surface area contributed by atoms with Crippen molar-refractivity contribution in [2.75, 3.05) is 0 Å². The van der Waals surface area contributed by atoms with E-state index in [0.29, 0.717) is 5.82 Å². The standard InChI is InChI=1S/C55H35N3/c1-2-15-45-37(10-1)11-8-20-46(45)38-23-27-40(28-24-38)54-34-53(39-25-21-36(22-26-39)44-14-9-31-56-35-44)57-55(58-54)43-13-7-12-41(32-43)42-29-30-51-49-18-4-3-16-47(49)48-17-5-6-19-50(48)52(51)33-42/h1-35H. The van der Waals surface area contributed by atoms with Crippen molar-refractivity contribution in [3.8, 4) is 67.3 Å². The fourth-order valence-corrected chi connectivity index (χ4v) is 8.46. The van der Waals surface area contributed by atoms with Crippen molar-refractivity contribution in [3.63, 3.8) is 0 Å². The van der Waals surface area contributed by atoms with Crippen LogP contribution < -0.4 is 0 Å². The third-order valence-corrected chi connectivity index (χ3v) is 11.4. The Morgan fingerprint density at radius 3 is 1.45 bits per heavy atom. The van der Waals surface area contributed by atoms with E-state index in [1.165, 1.54) is 54.2 Å². The molecule has 0 radical (unpaired) electrons. The van der Waals surface area contributed by atoms with E-state index in [-0.39, 0.29) is 0 Å². The van der Waals surface area contributed by atoms with Crippen molar-refractivity contribution in [3.05, 3.63) is 213 Å². The summed E-state index contributed by atoms with van der Waals surface area (Å²) in [4.78, 5) is 14.8. The lowest BCUT2D eigenvalue weighted by atomic mass is 9.92. The van der Waals surface area contributed by atoms with Crippen molar-refractivity contribution < 1.29 is 0 Å². The topological polar surface area (TPSA) is 38.7 Å². The monoisotopic (exact) mass is 737 g/mol. The number of rotatable bonds is 6. The second kappa shape index (κ2) is 14.1. The summed E-state index contributed by atoms with van der Waals surface area (Å²) in [7, 11) is 0. The first-order valence-corrected chi connectivity index (χ1v) is 19.7. The third kappa shape index (κ3) is 5.98. The highest BCUT2D eigenvalue weighted by atomic mass is 14.9. The van der Waals surface area contributed by atoms with E-state index in [1.807, 2.05) is 12.3 Å². The van der Waals surface area contributed by atoms with Crippen molar-refractivity contribution >= 4 is 43.1 Å². The Bertz CT molecular complexity index is 3270. The maximum atomic E-state index is 5.26. The molecule has 0 saturated carbocycles. The molecule has 270 valence electrons. The average Bonchev–Trinajstić information content (AvgIpc) is 3.31. The molecule has 0 N–H and O–H groups in total. The predicted molar refractivity (Wildman–Crippen MR) is 242 cm³/mol. The number of hydrogen-bond acceptors (Lipinski definition) is 3. The number of fused-ring (bicyclic) bond motifs is 7. The van der Waals surface area contributed by atoms with Crippen molar-refractivity contribution in [2.45, 2.75) is 0 Å². The normalized spacial score (nSPS) is 11.4. The van der Waals surface area contributed by atoms with Gasteiger partial charge in [-0.25, -0.2) is 9.97 Å². The van der Waals surface area contributed by atoms with Gasteiger partial charge in [-0.15, -0.1) is 0 Å². The van der Waals surface area contributed by atoms with Crippen LogP contribution in [0.3, 0.4) is 0 Å². The summed E-state index contributed by atoms with van der Waals surface area (Å²) >= 11 is 0. The summed E-state index contributed by atoms with van der Waals surface area (Å²) < 4.78 is 0. The van der Waals surface area contributed by atoms with E-state index >= 15 is 0 Å². The van der Waals surface area contributed by atoms with E-state index < -0.39 is 0 Å². The average molecular weight is 738 g/mol. The predicted octanol–water partition coefficient (Wildman–Crippen LogP) is 14.5. The summed E-state index contributed by atoms with van der Waals surface area (Å²) in [6.45, 7) is 0. The summed E-state index contributed by atoms with van der Waals surface area (Å²) in [5, 5.41) is 10.1. The van der Waals surface area contributed by atoms with E-state index in [2.05, 4.69) is 199 Å². The molecule has 3 nitrogen and oxygen atoms in total. The number of aromatic nitrogens is 3. The molecule has 2 aromatic heterocycles. The highest BCUT2D eigenvalue weighted by Gasteiger charge is 2.14. The smallest absolute Gasteiger partial charge is 0.160 e. The van der Waals surface area contributed by atoms with Crippen LogP contribution in [0.25, 0.3) is 110 Å². The third-order valence-electron chi connectivity index (χ3n) is 11.4. The van der Waals surface area contributed by atoms with Crippen molar-refractivity contribution in [1.29, 1.82) is 0 Å². The van der Waals surface area contributed by atoms with Gasteiger partial charge in [-0.1, -0.05) is 176 Å². The summed E-state index contributed by atoms with van der Waals surface area (Å²) in [5.74, 6) is 0.682. The van der Waals surface area contributed by atoms with Crippen LogP contribution in [-0.2, 0) is 0 Å². The van der Waals surface area contributed by atoms with Gasteiger partial charge in [-0.05, 0) is 101 Å². The van der Waals surface area contributed by atoms with Gasteiger partial charge in [-0.3, -0.25) is 4.98 Å². The summed E-state index contributed by atoms with van der Waals surface area (Å²) in [5.41, 5.74) is 11.6. The molecule has 0 aliphatic rings. The molecule has 3 heteroatoms. The second-order valence-corrected chi connectivity index (χ2v) is 14.8. The van der Waals surface area contributed by atoms with Gasteiger partial charge in [0.2, 0.25) is 0 Å². The Kier molecular flexibility index (Phi) is 8.15. The molecule has 0 aliphatic heterocycles. The minimum Gasteiger partial charge on any atom is -0.264 e. The van der Waals surface area contributed by atoms with Crippen LogP contribution in [0.4, 0.5) is 0 Å². The van der Waals surface area contributed by atoms with Gasteiger partial charge in [-0.2, -0.15) is 0 Å². The zero-order valence-corrected chi connectivity index (χ0v) is 31.5. The Morgan fingerprint density at radius 2 is 0.776 bits per heavy atom. The molecular weight excluding hydrogens is 703 g/mol. The lowest BCUT2D eigenvalue weighted by molar-refractivity contribution is 1.18. The first-order chi connectivity index (χ1) is 28.7. The van der Waals surface area contributed by atoms with Crippen LogP contribution in [-0.4, -0.2) is 15.0 Å². The maximum absolute atomic E-state index is 5.26. The lowest BCUT2D eigenvalue weighted by Crippen LogP contribution is -1.96. The van der Waals surface area contributed by atoms with Crippen LogP contribution in [0.15, 0.2) is 213 Å². The Labute approximate surface area is 336 Å². The van der Waals surface area contributed by atoms with Gasteiger partial charge in [0.15, 0.2) is 5.82 Å². The molecule has 0 atom stereocenters. The highest BCUT2D eigenvalue weighted by molar-refractivity contribution is 6.25. The second-order valence-electron chi connectivity index (χ2n) is 14.8. The maximum Gasteiger partial charge on any atom is 0.160 e. The van der Waals surface area contributed by atoms with Crippen LogP contribution in [0.1, 0.15) is 0 Å². The van der Waals surface area contributed by atoms with Gasteiger partial charge in [0, 0.05) is 29.1 Å². The summed E-state index contributed by atoms with van der Waals surface area (Å²) in [6.07, 6.45) is 3.69. The van der Waals surface area contributed by atoms with E-state index in [1.54, 1.807) is 6.20 Å². The SMILES string of the molecule is c1cncc(-c2ccc(-c3cc(-c4ccc(-c5cccc6ccccc56)cc4)nc(-c4cccc(-c5ccc6c7ccccc7c7ccccc7c6c5)c4)n3)cc2)c1. The van der Waals surface area contributed by atoms with Gasteiger partial charge >= 0.3 is 0 Å². The zero-order valence-electron chi connectivity index (χ0n) is 31.5. The molecule has 2 heterocycles. The number of hydrogen-bond donors (Lipinski definition) is 0. The molecule has 9 aromatic carbocycles. The van der Waals surface area contributed by atoms with Crippen LogP contribution in [0.2, 0.25) is 0 Å². The molecule has 11 rings (SSSR count).